The normalized spacial score (nSPS) is 20.1. The topological polar surface area (TPSA) is 89.7 Å². The van der Waals surface area contributed by atoms with Gasteiger partial charge in [-0.3, -0.25) is 10.1 Å². The highest BCUT2D eigenvalue weighted by molar-refractivity contribution is 5.84. The lowest BCUT2D eigenvalue weighted by Gasteiger charge is -2.16. The lowest BCUT2D eigenvalue weighted by molar-refractivity contribution is -0.384. The molecule has 0 bridgehead atoms. The van der Waals surface area contributed by atoms with E-state index in [9.17, 15) is 20.0 Å². The van der Waals surface area contributed by atoms with Gasteiger partial charge in [-0.2, -0.15) is 0 Å². The van der Waals surface area contributed by atoms with Crippen molar-refractivity contribution in [1.29, 1.82) is 0 Å². The van der Waals surface area contributed by atoms with E-state index in [0.29, 0.717) is 5.56 Å². The molecule has 1 aromatic carbocycles. The molecule has 1 aromatic rings. The van der Waals surface area contributed by atoms with Gasteiger partial charge in [-0.25, -0.2) is 4.79 Å². The van der Waals surface area contributed by atoms with Gasteiger partial charge in [0.05, 0.1) is 4.92 Å². The van der Waals surface area contributed by atoms with Crippen LogP contribution >= 0.6 is 0 Å². The van der Waals surface area contributed by atoms with Crippen molar-refractivity contribution in [2.75, 3.05) is 0 Å². The molecule has 1 heterocycles. The molecule has 0 spiro atoms. The van der Waals surface area contributed by atoms with Crippen LogP contribution in [-0.2, 0) is 9.53 Å². The molecule has 0 amide bonds. The minimum Gasteiger partial charge on any atom is -0.452 e. The standard InChI is InChI=1S/C11H9NO5/c13-10-6-5-9(17-10)11(14)7-1-3-8(4-2-7)12(15)16/h1-6,9,11,14H. The number of nitrogens with zero attached hydrogens (tertiary/aromatic N) is 1. The van der Waals surface area contributed by atoms with Gasteiger partial charge in [0.25, 0.3) is 5.69 Å². The summed E-state index contributed by atoms with van der Waals surface area (Å²) < 4.78 is 4.82. The molecule has 0 fully saturated rings. The quantitative estimate of drug-likeness (QED) is 0.481. The Morgan fingerprint density at radius 1 is 1.35 bits per heavy atom. The van der Waals surface area contributed by atoms with Crippen LogP contribution < -0.4 is 0 Å². The first kappa shape index (κ1) is 11.3. The van der Waals surface area contributed by atoms with Crippen LogP contribution in [0.5, 0.6) is 0 Å². The molecule has 0 radical (unpaired) electrons. The maximum Gasteiger partial charge on any atom is 0.331 e. The third-order valence-electron chi connectivity index (χ3n) is 2.43. The largest absolute Gasteiger partial charge is 0.452 e. The first-order chi connectivity index (χ1) is 8.08. The Labute approximate surface area is 96.3 Å². The summed E-state index contributed by atoms with van der Waals surface area (Å²) in [5, 5.41) is 20.3. The Hall–Kier alpha value is -2.21. The van der Waals surface area contributed by atoms with Gasteiger partial charge in [-0.1, -0.05) is 0 Å². The van der Waals surface area contributed by atoms with Crippen molar-refractivity contribution in [1.82, 2.24) is 0 Å². The van der Waals surface area contributed by atoms with Gasteiger partial charge >= 0.3 is 5.97 Å². The zero-order chi connectivity index (χ0) is 12.4. The van der Waals surface area contributed by atoms with E-state index in [4.69, 9.17) is 4.74 Å². The number of non-ortho nitro benzene ring substituents is 1. The number of nitro groups is 1. The van der Waals surface area contributed by atoms with Crippen molar-refractivity contribution in [3.8, 4) is 0 Å². The Morgan fingerprint density at radius 3 is 2.47 bits per heavy atom. The number of hydrogen-bond donors (Lipinski definition) is 1. The van der Waals surface area contributed by atoms with E-state index in [1.807, 2.05) is 0 Å². The van der Waals surface area contributed by atoms with Crippen molar-refractivity contribution in [2.45, 2.75) is 12.2 Å². The van der Waals surface area contributed by atoms with Crippen LogP contribution in [0.3, 0.4) is 0 Å². The smallest absolute Gasteiger partial charge is 0.331 e. The molecule has 17 heavy (non-hydrogen) atoms. The van der Waals surface area contributed by atoms with Crippen molar-refractivity contribution >= 4 is 11.7 Å². The predicted octanol–water partition coefficient (Wildman–Crippen LogP) is 1.11. The number of cyclic esters (lactones) is 1. The van der Waals surface area contributed by atoms with Crippen molar-refractivity contribution in [2.24, 2.45) is 0 Å². The number of aliphatic hydroxyl groups excluding tert-OH is 1. The van der Waals surface area contributed by atoms with E-state index in [2.05, 4.69) is 0 Å². The van der Waals surface area contributed by atoms with E-state index in [0.717, 1.165) is 0 Å². The minimum absolute atomic E-state index is 0.0556. The molecule has 88 valence electrons. The fourth-order valence-electron chi connectivity index (χ4n) is 1.54. The maximum atomic E-state index is 10.8. The van der Waals surface area contributed by atoms with Crippen LogP contribution in [0.1, 0.15) is 11.7 Å². The van der Waals surface area contributed by atoms with E-state index in [1.54, 1.807) is 0 Å². The van der Waals surface area contributed by atoms with Crippen molar-refractivity contribution in [3.05, 3.63) is 52.1 Å². The average molecular weight is 235 g/mol. The summed E-state index contributed by atoms with van der Waals surface area (Å²) in [5.74, 6) is -0.504. The van der Waals surface area contributed by atoms with Crippen LogP contribution in [0, 0.1) is 10.1 Å². The van der Waals surface area contributed by atoms with Crippen molar-refractivity contribution in [3.63, 3.8) is 0 Å². The Kier molecular flexibility index (Phi) is 2.88. The van der Waals surface area contributed by atoms with Crippen LogP contribution in [0.4, 0.5) is 5.69 Å². The number of aliphatic hydroxyl groups is 1. The molecule has 0 saturated heterocycles. The molecule has 6 heteroatoms. The fraction of sp³-hybridized carbons (Fsp3) is 0.182. The van der Waals surface area contributed by atoms with E-state index < -0.39 is 23.1 Å². The second-order valence-electron chi connectivity index (χ2n) is 3.55. The highest BCUT2D eigenvalue weighted by Crippen LogP contribution is 2.24. The van der Waals surface area contributed by atoms with Gasteiger partial charge in [0.15, 0.2) is 6.10 Å². The Balaban J connectivity index is 2.14. The van der Waals surface area contributed by atoms with Gasteiger partial charge in [0.2, 0.25) is 0 Å². The van der Waals surface area contributed by atoms with Crippen LogP contribution in [0.15, 0.2) is 36.4 Å². The number of esters is 1. The average Bonchev–Trinajstić information content (AvgIpc) is 2.75. The van der Waals surface area contributed by atoms with Crippen LogP contribution in [0.25, 0.3) is 0 Å². The molecule has 6 nitrogen and oxygen atoms in total. The third-order valence-corrected chi connectivity index (χ3v) is 2.43. The summed E-state index contributed by atoms with van der Waals surface area (Å²) >= 11 is 0. The number of nitro benzene ring substituents is 1. The van der Waals surface area contributed by atoms with Gasteiger partial charge in [0, 0.05) is 18.2 Å². The summed E-state index contributed by atoms with van der Waals surface area (Å²) in [6.07, 6.45) is 0.940. The molecular formula is C11H9NO5. The van der Waals surface area contributed by atoms with E-state index >= 15 is 0 Å². The number of hydrogen-bond acceptors (Lipinski definition) is 5. The summed E-state index contributed by atoms with van der Waals surface area (Å²) in [5.41, 5.74) is 0.403. The zero-order valence-corrected chi connectivity index (χ0v) is 8.65. The molecule has 1 N–H and O–H groups in total. The molecule has 2 atom stereocenters. The molecule has 1 aliphatic rings. The second kappa shape index (κ2) is 4.34. The lowest BCUT2D eigenvalue weighted by atomic mass is 10.0. The molecule has 2 unspecified atom stereocenters. The lowest BCUT2D eigenvalue weighted by Crippen LogP contribution is -2.18. The number of ether oxygens (including phenoxy) is 1. The number of carbonyl (C=O) groups excluding carboxylic acids is 1. The fourth-order valence-corrected chi connectivity index (χ4v) is 1.54. The molecular weight excluding hydrogens is 226 g/mol. The monoisotopic (exact) mass is 235 g/mol. The molecule has 1 aliphatic heterocycles. The van der Waals surface area contributed by atoms with E-state index in [1.165, 1.54) is 36.4 Å². The number of rotatable bonds is 3. The number of benzene rings is 1. The Bertz CT molecular complexity index is 479. The second-order valence-corrected chi connectivity index (χ2v) is 3.55. The zero-order valence-electron chi connectivity index (χ0n) is 8.65. The van der Waals surface area contributed by atoms with Gasteiger partial charge in [-0.05, 0) is 23.8 Å². The summed E-state index contributed by atoms with van der Waals surface area (Å²) in [6.45, 7) is 0. The maximum absolute atomic E-state index is 10.8. The SMILES string of the molecule is O=C1C=CC(C(O)c2ccc([N+](=O)[O-])cc2)O1. The van der Waals surface area contributed by atoms with Crippen LogP contribution in [-0.4, -0.2) is 22.1 Å². The van der Waals surface area contributed by atoms with Crippen molar-refractivity contribution < 1.29 is 19.6 Å². The predicted molar refractivity (Wildman–Crippen MR) is 57.1 cm³/mol. The highest BCUT2D eigenvalue weighted by atomic mass is 16.6. The molecule has 2 rings (SSSR count). The van der Waals surface area contributed by atoms with Gasteiger partial charge in [0.1, 0.15) is 6.10 Å². The van der Waals surface area contributed by atoms with E-state index in [-0.39, 0.29) is 5.69 Å². The first-order valence-corrected chi connectivity index (χ1v) is 4.89. The highest BCUT2D eigenvalue weighted by Gasteiger charge is 2.26. The molecule has 0 saturated carbocycles. The number of carbonyl (C=O) groups is 1. The third kappa shape index (κ3) is 2.31. The summed E-state index contributed by atoms with van der Waals surface area (Å²) in [4.78, 5) is 20.7. The van der Waals surface area contributed by atoms with Crippen LogP contribution in [0.2, 0.25) is 0 Å². The first-order valence-electron chi connectivity index (χ1n) is 4.89. The Morgan fingerprint density at radius 2 is 2.00 bits per heavy atom. The summed E-state index contributed by atoms with van der Waals surface area (Å²) in [7, 11) is 0. The minimum atomic E-state index is -1.02. The van der Waals surface area contributed by atoms with Gasteiger partial charge < -0.3 is 9.84 Å². The summed E-state index contributed by atoms with van der Waals surface area (Å²) in [6, 6.07) is 5.45. The molecule has 0 aliphatic carbocycles. The van der Waals surface area contributed by atoms with Gasteiger partial charge in [-0.15, -0.1) is 0 Å². The molecule has 0 aromatic heterocycles.